The minimum atomic E-state index is -0.362. The number of nitrogens with zero attached hydrogens (tertiary/aromatic N) is 1. The summed E-state index contributed by atoms with van der Waals surface area (Å²) in [5.41, 5.74) is 1.71. The van der Waals surface area contributed by atoms with Crippen LogP contribution in [0.3, 0.4) is 0 Å². The Kier molecular flexibility index (Phi) is 6.95. The maximum Gasteiger partial charge on any atom is 0.222 e. The van der Waals surface area contributed by atoms with E-state index in [9.17, 15) is 9.59 Å². The third kappa shape index (κ3) is 5.91. The first-order valence-electron chi connectivity index (χ1n) is 8.25. The van der Waals surface area contributed by atoms with E-state index in [-0.39, 0.29) is 24.3 Å². The first kappa shape index (κ1) is 18.4. The third-order valence-corrected chi connectivity index (χ3v) is 3.58. The van der Waals surface area contributed by atoms with E-state index in [0.717, 1.165) is 11.1 Å². The van der Waals surface area contributed by atoms with Crippen molar-refractivity contribution in [3.05, 3.63) is 59.8 Å². The Labute approximate surface area is 147 Å². The number of hydrogen-bond acceptors (Lipinski definition) is 4. The zero-order chi connectivity index (χ0) is 18.1. The van der Waals surface area contributed by atoms with Crippen molar-refractivity contribution < 1.29 is 14.3 Å². The molecule has 2 rings (SSSR count). The van der Waals surface area contributed by atoms with E-state index in [1.807, 2.05) is 43.3 Å². The lowest BCUT2D eigenvalue weighted by Gasteiger charge is -2.18. The molecule has 1 heterocycles. The van der Waals surface area contributed by atoms with Gasteiger partial charge in [0.2, 0.25) is 17.7 Å². The summed E-state index contributed by atoms with van der Waals surface area (Å²) >= 11 is 0. The van der Waals surface area contributed by atoms with Crippen LogP contribution in [0.1, 0.15) is 37.4 Å². The maximum absolute atomic E-state index is 12.3. The summed E-state index contributed by atoms with van der Waals surface area (Å²) in [5, 5.41) is 5.68. The highest BCUT2D eigenvalue weighted by atomic mass is 16.5. The molecule has 1 aromatic heterocycles. The van der Waals surface area contributed by atoms with Gasteiger partial charge in [0.15, 0.2) is 0 Å². The molecule has 0 aliphatic rings. The molecule has 2 aromatic rings. The van der Waals surface area contributed by atoms with Crippen LogP contribution in [-0.2, 0) is 16.1 Å². The molecule has 6 heteroatoms. The molecule has 2 amide bonds. The van der Waals surface area contributed by atoms with Gasteiger partial charge in [-0.05, 0) is 18.6 Å². The Morgan fingerprint density at radius 1 is 1.16 bits per heavy atom. The van der Waals surface area contributed by atoms with Crippen molar-refractivity contribution in [2.75, 3.05) is 6.61 Å². The van der Waals surface area contributed by atoms with Gasteiger partial charge < -0.3 is 15.4 Å². The molecule has 6 nitrogen and oxygen atoms in total. The molecule has 132 valence electrons. The second kappa shape index (κ2) is 9.42. The number of nitrogens with one attached hydrogen (secondary N) is 2. The highest BCUT2D eigenvalue weighted by Crippen LogP contribution is 2.17. The van der Waals surface area contributed by atoms with Crippen LogP contribution in [0.25, 0.3) is 0 Å². The monoisotopic (exact) mass is 341 g/mol. The van der Waals surface area contributed by atoms with Gasteiger partial charge in [0, 0.05) is 25.2 Å². The SMILES string of the molecule is CCOc1ncccc1CNC(=O)CC(NC(C)=O)c1ccccc1. The highest BCUT2D eigenvalue weighted by Gasteiger charge is 2.17. The van der Waals surface area contributed by atoms with E-state index >= 15 is 0 Å². The predicted octanol–water partition coefficient (Wildman–Crippen LogP) is 2.36. The molecule has 1 unspecified atom stereocenters. The average Bonchev–Trinajstić information content (AvgIpc) is 2.61. The molecule has 0 saturated heterocycles. The van der Waals surface area contributed by atoms with Gasteiger partial charge in [0.05, 0.1) is 19.1 Å². The average molecular weight is 341 g/mol. The predicted molar refractivity (Wildman–Crippen MR) is 94.9 cm³/mol. The number of amides is 2. The number of hydrogen-bond donors (Lipinski definition) is 2. The normalized spacial score (nSPS) is 11.4. The van der Waals surface area contributed by atoms with Crippen molar-refractivity contribution in [2.24, 2.45) is 0 Å². The van der Waals surface area contributed by atoms with Crippen LogP contribution in [0, 0.1) is 0 Å². The van der Waals surface area contributed by atoms with Crippen molar-refractivity contribution in [3.63, 3.8) is 0 Å². The van der Waals surface area contributed by atoms with Crippen LogP contribution in [0.5, 0.6) is 5.88 Å². The van der Waals surface area contributed by atoms with Crippen molar-refractivity contribution in [3.8, 4) is 5.88 Å². The van der Waals surface area contributed by atoms with Crippen LogP contribution < -0.4 is 15.4 Å². The van der Waals surface area contributed by atoms with Gasteiger partial charge in [-0.1, -0.05) is 36.4 Å². The van der Waals surface area contributed by atoms with Crippen molar-refractivity contribution in [1.29, 1.82) is 0 Å². The van der Waals surface area contributed by atoms with E-state index in [1.54, 1.807) is 12.3 Å². The van der Waals surface area contributed by atoms with Gasteiger partial charge in [-0.3, -0.25) is 9.59 Å². The first-order chi connectivity index (χ1) is 12.1. The van der Waals surface area contributed by atoms with Crippen LogP contribution in [-0.4, -0.2) is 23.4 Å². The Morgan fingerprint density at radius 3 is 2.60 bits per heavy atom. The summed E-state index contributed by atoms with van der Waals surface area (Å²) in [6.07, 6.45) is 1.81. The van der Waals surface area contributed by atoms with E-state index in [0.29, 0.717) is 19.0 Å². The molecule has 0 aliphatic heterocycles. The summed E-state index contributed by atoms with van der Waals surface area (Å²) in [5.74, 6) is 0.188. The van der Waals surface area contributed by atoms with Crippen molar-refractivity contribution in [1.82, 2.24) is 15.6 Å². The lowest BCUT2D eigenvalue weighted by Crippen LogP contribution is -2.32. The number of carbonyl (C=O) groups excluding carboxylic acids is 2. The molecule has 25 heavy (non-hydrogen) atoms. The number of rotatable bonds is 8. The molecule has 1 atom stereocenters. The fourth-order valence-corrected chi connectivity index (χ4v) is 2.46. The molecule has 0 radical (unpaired) electrons. The van der Waals surface area contributed by atoms with Gasteiger partial charge in [-0.25, -0.2) is 4.98 Å². The largest absolute Gasteiger partial charge is 0.478 e. The van der Waals surface area contributed by atoms with E-state index in [2.05, 4.69) is 15.6 Å². The quantitative estimate of drug-likeness (QED) is 0.772. The molecule has 0 saturated carbocycles. The molecule has 0 spiro atoms. The lowest BCUT2D eigenvalue weighted by atomic mass is 10.0. The number of aromatic nitrogens is 1. The van der Waals surface area contributed by atoms with Crippen LogP contribution in [0.15, 0.2) is 48.7 Å². The molecule has 0 bridgehead atoms. The standard InChI is InChI=1S/C19H23N3O3/c1-3-25-19-16(10-7-11-20-19)13-21-18(24)12-17(22-14(2)23)15-8-5-4-6-9-15/h4-11,17H,3,12-13H2,1-2H3,(H,21,24)(H,22,23). The molecule has 0 aliphatic carbocycles. The summed E-state index contributed by atoms with van der Waals surface area (Å²) in [6.45, 7) is 4.16. The number of ether oxygens (including phenoxy) is 1. The number of pyridine rings is 1. The summed E-state index contributed by atoms with van der Waals surface area (Å²) < 4.78 is 5.45. The Hall–Kier alpha value is -2.89. The van der Waals surface area contributed by atoms with Gasteiger partial charge in [-0.2, -0.15) is 0 Å². The van der Waals surface area contributed by atoms with E-state index < -0.39 is 0 Å². The van der Waals surface area contributed by atoms with Gasteiger partial charge in [0.25, 0.3) is 0 Å². The minimum Gasteiger partial charge on any atom is -0.478 e. The Balaban J connectivity index is 1.98. The van der Waals surface area contributed by atoms with E-state index in [4.69, 9.17) is 4.74 Å². The lowest BCUT2D eigenvalue weighted by molar-refractivity contribution is -0.122. The fourth-order valence-electron chi connectivity index (χ4n) is 2.46. The van der Waals surface area contributed by atoms with Gasteiger partial charge in [0.1, 0.15) is 0 Å². The summed E-state index contributed by atoms with van der Waals surface area (Å²) in [4.78, 5) is 27.9. The van der Waals surface area contributed by atoms with Crippen LogP contribution >= 0.6 is 0 Å². The summed E-state index contributed by atoms with van der Waals surface area (Å²) in [7, 11) is 0. The Morgan fingerprint density at radius 2 is 1.92 bits per heavy atom. The second-order valence-corrected chi connectivity index (χ2v) is 5.55. The van der Waals surface area contributed by atoms with Crippen molar-refractivity contribution >= 4 is 11.8 Å². The Bertz CT molecular complexity index is 704. The highest BCUT2D eigenvalue weighted by molar-refractivity contribution is 5.79. The second-order valence-electron chi connectivity index (χ2n) is 5.55. The first-order valence-corrected chi connectivity index (χ1v) is 8.25. The molecule has 2 N–H and O–H groups in total. The number of carbonyl (C=O) groups is 2. The molecular weight excluding hydrogens is 318 g/mol. The van der Waals surface area contributed by atoms with Crippen LogP contribution in [0.4, 0.5) is 0 Å². The maximum atomic E-state index is 12.3. The van der Waals surface area contributed by atoms with Crippen molar-refractivity contribution in [2.45, 2.75) is 32.9 Å². The zero-order valence-corrected chi connectivity index (χ0v) is 14.5. The molecule has 1 aromatic carbocycles. The van der Waals surface area contributed by atoms with Gasteiger partial charge >= 0.3 is 0 Å². The fraction of sp³-hybridized carbons (Fsp3) is 0.316. The third-order valence-electron chi connectivity index (χ3n) is 3.58. The smallest absolute Gasteiger partial charge is 0.222 e. The minimum absolute atomic E-state index is 0.158. The van der Waals surface area contributed by atoms with Crippen LogP contribution in [0.2, 0.25) is 0 Å². The zero-order valence-electron chi connectivity index (χ0n) is 14.5. The van der Waals surface area contributed by atoms with E-state index in [1.165, 1.54) is 6.92 Å². The van der Waals surface area contributed by atoms with Gasteiger partial charge in [-0.15, -0.1) is 0 Å². The summed E-state index contributed by atoms with van der Waals surface area (Å²) in [6, 6.07) is 12.7. The molecule has 0 fully saturated rings. The molecular formula is C19H23N3O3. The topological polar surface area (TPSA) is 80.3 Å². The number of benzene rings is 1.